The molecule has 1 amide bonds. The van der Waals surface area contributed by atoms with Gasteiger partial charge in [0.1, 0.15) is 17.6 Å². The molecule has 2 N–H and O–H groups in total. The molecule has 1 aliphatic rings. The topological polar surface area (TPSA) is 74.0 Å². The van der Waals surface area contributed by atoms with Gasteiger partial charge in [0.25, 0.3) is 5.91 Å². The molecule has 2 rings (SSSR count). The molecule has 0 radical (unpaired) electrons. The van der Waals surface area contributed by atoms with E-state index < -0.39 is 0 Å². The fourth-order valence-electron chi connectivity index (χ4n) is 2.62. The molecule has 0 unspecified atom stereocenters. The largest absolute Gasteiger partial charge is 0.497 e. The van der Waals surface area contributed by atoms with Gasteiger partial charge in [-0.1, -0.05) is 0 Å². The molecular formula is C16H24N2O4. The molecule has 1 fully saturated rings. The Labute approximate surface area is 131 Å². The van der Waals surface area contributed by atoms with Crippen LogP contribution in [0.1, 0.15) is 18.4 Å². The molecule has 0 saturated carbocycles. The van der Waals surface area contributed by atoms with Crippen molar-refractivity contribution in [3.8, 4) is 11.5 Å². The molecule has 1 aromatic rings. The first kappa shape index (κ1) is 16.6. The Morgan fingerprint density at radius 3 is 2.41 bits per heavy atom. The van der Waals surface area contributed by atoms with Gasteiger partial charge in [0.15, 0.2) is 0 Å². The standard InChI is InChI=1S/C16H24N2O4/c1-18(16(19)15-5-4-12(9-17)22-15)10-11-6-13(20-2)8-14(7-11)21-3/h6-8,12,15H,4-5,9-10,17H2,1-3H3/t12-,15+/m1/s1. The molecule has 22 heavy (non-hydrogen) atoms. The number of nitrogens with two attached hydrogens (primary N) is 1. The average Bonchev–Trinajstić information content (AvgIpc) is 3.02. The van der Waals surface area contributed by atoms with E-state index in [-0.39, 0.29) is 18.1 Å². The monoisotopic (exact) mass is 308 g/mol. The van der Waals surface area contributed by atoms with E-state index in [2.05, 4.69) is 0 Å². The van der Waals surface area contributed by atoms with Gasteiger partial charge in [0.2, 0.25) is 0 Å². The predicted octanol–water partition coefficient (Wildman–Crippen LogP) is 1.17. The van der Waals surface area contributed by atoms with Crippen LogP contribution in [0.25, 0.3) is 0 Å². The van der Waals surface area contributed by atoms with Crippen molar-refractivity contribution < 1.29 is 19.0 Å². The van der Waals surface area contributed by atoms with E-state index in [9.17, 15) is 4.79 Å². The molecule has 1 saturated heterocycles. The van der Waals surface area contributed by atoms with Gasteiger partial charge in [-0.25, -0.2) is 0 Å². The highest BCUT2D eigenvalue weighted by Crippen LogP contribution is 2.25. The molecule has 1 heterocycles. The summed E-state index contributed by atoms with van der Waals surface area (Å²) in [5.41, 5.74) is 6.53. The fraction of sp³-hybridized carbons (Fsp3) is 0.562. The summed E-state index contributed by atoms with van der Waals surface area (Å²) in [6, 6.07) is 5.59. The van der Waals surface area contributed by atoms with Crippen molar-refractivity contribution in [3.63, 3.8) is 0 Å². The third kappa shape index (κ3) is 3.90. The van der Waals surface area contributed by atoms with Crippen LogP contribution in [0.2, 0.25) is 0 Å². The molecule has 6 nitrogen and oxygen atoms in total. The first-order valence-electron chi connectivity index (χ1n) is 7.39. The zero-order valence-electron chi connectivity index (χ0n) is 13.4. The quantitative estimate of drug-likeness (QED) is 0.854. The highest BCUT2D eigenvalue weighted by molar-refractivity contribution is 5.81. The zero-order chi connectivity index (χ0) is 16.1. The number of methoxy groups -OCH3 is 2. The minimum absolute atomic E-state index is 0.000682. The maximum atomic E-state index is 12.4. The van der Waals surface area contributed by atoms with Gasteiger partial charge < -0.3 is 24.8 Å². The van der Waals surface area contributed by atoms with Gasteiger partial charge in [0, 0.05) is 26.2 Å². The fourth-order valence-corrected chi connectivity index (χ4v) is 2.62. The van der Waals surface area contributed by atoms with Crippen molar-refractivity contribution in [1.82, 2.24) is 4.90 Å². The minimum atomic E-state index is -0.383. The number of carbonyl (C=O) groups is 1. The Balaban J connectivity index is 2.02. The Morgan fingerprint density at radius 1 is 1.27 bits per heavy atom. The van der Waals surface area contributed by atoms with Gasteiger partial charge >= 0.3 is 0 Å². The molecule has 122 valence electrons. The smallest absolute Gasteiger partial charge is 0.251 e. The van der Waals surface area contributed by atoms with E-state index in [0.29, 0.717) is 24.6 Å². The van der Waals surface area contributed by atoms with Crippen LogP contribution >= 0.6 is 0 Å². The van der Waals surface area contributed by atoms with E-state index in [1.165, 1.54) is 0 Å². The van der Waals surface area contributed by atoms with Crippen LogP contribution in [0.3, 0.4) is 0 Å². The molecular weight excluding hydrogens is 284 g/mol. The second-order valence-corrected chi connectivity index (χ2v) is 5.47. The number of likely N-dealkylation sites (N-methyl/N-ethyl adjacent to an activating group) is 1. The molecule has 0 bridgehead atoms. The maximum Gasteiger partial charge on any atom is 0.251 e. The number of benzene rings is 1. The summed E-state index contributed by atoms with van der Waals surface area (Å²) in [7, 11) is 4.98. The third-order valence-electron chi connectivity index (χ3n) is 3.85. The predicted molar refractivity (Wildman–Crippen MR) is 83.0 cm³/mol. The van der Waals surface area contributed by atoms with Gasteiger partial charge in [-0.05, 0) is 30.5 Å². The molecule has 0 spiro atoms. The van der Waals surface area contributed by atoms with E-state index in [4.69, 9.17) is 19.9 Å². The van der Waals surface area contributed by atoms with Crippen molar-refractivity contribution in [1.29, 1.82) is 0 Å². The van der Waals surface area contributed by atoms with E-state index >= 15 is 0 Å². The van der Waals surface area contributed by atoms with Crippen molar-refractivity contribution in [3.05, 3.63) is 23.8 Å². The molecule has 6 heteroatoms. The van der Waals surface area contributed by atoms with Gasteiger partial charge in [-0.15, -0.1) is 0 Å². The highest BCUT2D eigenvalue weighted by Gasteiger charge is 2.31. The summed E-state index contributed by atoms with van der Waals surface area (Å²) in [6.45, 7) is 0.931. The lowest BCUT2D eigenvalue weighted by Gasteiger charge is -2.22. The molecule has 1 aliphatic heterocycles. The Bertz CT molecular complexity index is 499. The third-order valence-corrected chi connectivity index (χ3v) is 3.85. The number of carbonyl (C=O) groups excluding carboxylic acids is 1. The zero-order valence-corrected chi connectivity index (χ0v) is 13.4. The van der Waals surface area contributed by atoms with Crippen molar-refractivity contribution >= 4 is 5.91 Å². The van der Waals surface area contributed by atoms with Crippen LogP contribution in [-0.4, -0.2) is 50.8 Å². The van der Waals surface area contributed by atoms with Crippen molar-refractivity contribution in [2.24, 2.45) is 5.73 Å². The van der Waals surface area contributed by atoms with E-state index in [1.54, 1.807) is 32.2 Å². The molecule has 1 aromatic carbocycles. The highest BCUT2D eigenvalue weighted by atomic mass is 16.5. The first-order valence-corrected chi connectivity index (χ1v) is 7.39. The van der Waals surface area contributed by atoms with Crippen LogP contribution in [0.5, 0.6) is 11.5 Å². The Hall–Kier alpha value is -1.79. The van der Waals surface area contributed by atoms with Crippen LogP contribution in [0.15, 0.2) is 18.2 Å². The normalized spacial score (nSPS) is 20.7. The number of rotatable bonds is 6. The summed E-state index contributed by atoms with van der Waals surface area (Å²) in [6.07, 6.45) is 1.19. The van der Waals surface area contributed by atoms with Crippen LogP contribution in [0, 0.1) is 0 Å². The number of hydrogen-bond acceptors (Lipinski definition) is 5. The van der Waals surface area contributed by atoms with Gasteiger partial charge in [-0.2, -0.15) is 0 Å². The summed E-state index contributed by atoms with van der Waals surface area (Å²) in [5, 5.41) is 0. The number of ether oxygens (including phenoxy) is 3. The maximum absolute atomic E-state index is 12.4. The lowest BCUT2D eigenvalue weighted by atomic mass is 10.1. The number of hydrogen-bond donors (Lipinski definition) is 1. The Kier molecular flexibility index (Phi) is 5.63. The number of amides is 1. The Morgan fingerprint density at radius 2 is 1.91 bits per heavy atom. The summed E-state index contributed by atoms with van der Waals surface area (Å²) in [5.74, 6) is 1.39. The lowest BCUT2D eigenvalue weighted by Crippen LogP contribution is -2.36. The molecule has 0 aromatic heterocycles. The first-order chi connectivity index (χ1) is 10.6. The second-order valence-electron chi connectivity index (χ2n) is 5.47. The summed E-state index contributed by atoms with van der Waals surface area (Å²) in [4.78, 5) is 14.1. The molecule has 0 aliphatic carbocycles. The van der Waals surface area contributed by atoms with Crippen molar-refractivity contribution in [2.75, 3.05) is 27.8 Å². The van der Waals surface area contributed by atoms with Gasteiger partial charge in [-0.3, -0.25) is 4.79 Å². The number of nitrogens with zero attached hydrogens (tertiary/aromatic N) is 1. The summed E-state index contributed by atoms with van der Waals surface area (Å²) >= 11 is 0. The average molecular weight is 308 g/mol. The summed E-state index contributed by atoms with van der Waals surface area (Å²) < 4.78 is 16.1. The lowest BCUT2D eigenvalue weighted by molar-refractivity contribution is -0.141. The van der Waals surface area contributed by atoms with E-state index in [0.717, 1.165) is 18.4 Å². The van der Waals surface area contributed by atoms with Crippen LogP contribution < -0.4 is 15.2 Å². The minimum Gasteiger partial charge on any atom is -0.497 e. The van der Waals surface area contributed by atoms with Crippen LogP contribution in [-0.2, 0) is 16.1 Å². The SMILES string of the molecule is COc1cc(CN(C)C(=O)[C@@H]2CC[C@H](CN)O2)cc(OC)c1. The second kappa shape index (κ2) is 7.47. The van der Waals surface area contributed by atoms with Crippen LogP contribution in [0.4, 0.5) is 0 Å². The van der Waals surface area contributed by atoms with Gasteiger partial charge in [0.05, 0.1) is 20.3 Å². The van der Waals surface area contributed by atoms with E-state index in [1.807, 2.05) is 12.1 Å². The molecule has 2 atom stereocenters. The van der Waals surface area contributed by atoms with Crippen molar-refractivity contribution in [2.45, 2.75) is 31.6 Å².